The third-order valence-electron chi connectivity index (χ3n) is 4.67. The molecular weight excluding hydrogens is 416 g/mol. The van der Waals surface area contributed by atoms with Crippen molar-refractivity contribution in [1.82, 2.24) is 0 Å². The Morgan fingerprint density at radius 3 is 2.00 bits per heavy atom. The molecule has 0 fully saturated rings. The number of anilines is 1. The molecule has 1 N–H and O–H groups in total. The zero-order valence-corrected chi connectivity index (χ0v) is 17.6. The van der Waals surface area contributed by atoms with Crippen LogP contribution >= 0.6 is 0 Å². The molecule has 0 aliphatic carbocycles. The number of nitrogens with zero attached hydrogens (tertiary/aromatic N) is 1. The summed E-state index contributed by atoms with van der Waals surface area (Å²) in [7, 11) is 4.29. The van der Waals surface area contributed by atoms with Crippen LogP contribution in [-0.4, -0.2) is 37.9 Å². The van der Waals surface area contributed by atoms with Crippen LogP contribution < -0.4 is 19.5 Å². The van der Waals surface area contributed by atoms with Crippen molar-refractivity contribution in [2.75, 3.05) is 26.6 Å². The van der Waals surface area contributed by atoms with Gasteiger partial charge in [-0.1, -0.05) is 30.3 Å². The summed E-state index contributed by atoms with van der Waals surface area (Å²) < 4.78 is 15.8. The molecule has 9 heteroatoms. The van der Waals surface area contributed by atoms with Crippen LogP contribution in [0.2, 0.25) is 0 Å². The normalized spacial score (nSPS) is 10.2. The molecule has 3 aromatic carbocycles. The number of carbonyl (C=O) groups is 2. The lowest BCUT2D eigenvalue weighted by atomic mass is 10.0. The topological polar surface area (TPSA) is 117 Å². The standard InChI is InChI=1S/C23H20N2O7/c1-30-19-11-15(12-20(31-2)22(19)32-3)23(27)24-18-10-9-16(25(28)29)13-17(18)21(26)14-7-5-4-6-8-14/h4-13H,1-3H3,(H,24,27). The maximum absolute atomic E-state index is 13.0. The maximum Gasteiger partial charge on any atom is 0.270 e. The Balaban J connectivity index is 2.02. The molecule has 0 aliphatic heterocycles. The van der Waals surface area contributed by atoms with E-state index in [4.69, 9.17) is 14.2 Å². The SMILES string of the molecule is COc1cc(C(=O)Nc2ccc([N+](=O)[O-])cc2C(=O)c2ccccc2)cc(OC)c1OC. The molecule has 0 atom stereocenters. The molecular formula is C23H20N2O7. The van der Waals surface area contributed by atoms with E-state index in [1.807, 2.05) is 0 Å². The van der Waals surface area contributed by atoms with Crippen molar-refractivity contribution in [2.45, 2.75) is 0 Å². The van der Waals surface area contributed by atoms with E-state index in [2.05, 4.69) is 5.32 Å². The predicted molar refractivity (Wildman–Crippen MR) is 117 cm³/mol. The van der Waals surface area contributed by atoms with Gasteiger partial charge in [0.15, 0.2) is 17.3 Å². The number of rotatable bonds is 8. The molecule has 0 aromatic heterocycles. The van der Waals surface area contributed by atoms with Crippen LogP contribution in [-0.2, 0) is 0 Å². The van der Waals surface area contributed by atoms with Crippen molar-refractivity contribution in [3.05, 3.63) is 87.5 Å². The first-order valence-electron chi connectivity index (χ1n) is 9.39. The summed E-state index contributed by atoms with van der Waals surface area (Å²) >= 11 is 0. The van der Waals surface area contributed by atoms with E-state index in [9.17, 15) is 19.7 Å². The average Bonchev–Trinajstić information content (AvgIpc) is 2.83. The highest BCUT2D eigenvalue weighted by Crippen LogP contribution is 2.38. The Bertz CT molecular complexity index is 1150. The first-order valence-corrected chi connectivity index (χ1v) is 9.39. The summed E-state index contributed by atoms with van der Waals surface area (Å²) in [6, 6.07) is 14.9. The summed E-state index contributed by atoms with van der Waals surface area (Å²) in [5.74, 6) is -0.154. The van der Waals surface area contributed by atoms with Gasteiger partial charge >= 0.3 is 0 Å². The van der Waals surface area contributed by atoms with E-state index in [0.717, 1.165) is 6.07 Å². The van der Waals surface area contributed by atoms with Gasteiger partial charge in [-0.15, -0.1) is 0 Å². The lowest BCUT2D eigenvalue weighted by Gasteiger charge is -2.15. The molecule has 0 radical (unpaired) electrons. The molecule has 0 aliphatic rings. The molecule has 0 saturated heterocycles. The summed E-state index contributed by atoms with van der Waals surface area (Å²) in [6.07, 6.45) is 0. The maximum atomic E-state index is 13.0. The predicted octanol–water partition coefficient (Wildman–Crippen LogP) is 4.10. The average molecular weight is 436 g/mol. The number of hydrogen-bond donors (Lipinski definition) is 1. The van der Waals surface area contributed by atoms with Crippen LogP contribution in [0.5, 0.6) is 17.2 Å². The van der Waals surface area contributed by atoms with Gasteiger partial charge in [0.05, 0.1) is 37.5 Å². The van der Waals surface area contributed by atoms with Gasteiger partial charge < -0.3 is 19.5 Å². The highest BCUT2D eigenvalue weighted by Gasteiger charge is 2.22. The molecule has 9 nitrogen and oxygen atoms in total. The highest BCUT2D eigenvalue weighted by atomic mass is 16.6. The van der Waals surface area contributed by atoms with Crippen molar-refractivity contribution >= 4 is 23.1 Å². The lowest BCUT2D eigenvalue weighted by Crippen LogP contribution is -2.16. The van der Waals surface area contributed by atoms with Gasteiger partial charge in [0.1, 0.15) is 0 Å². The minimum Gasteiger partial charge on any atom is -0.493 e. The number of carbonyl (C=O) groups excluding carboxylic acids is 2. The minimum atomic E-state index is -0.605. The number of non-ortho nitro benzene ring substituents is 1. The fourth-order valence-corrected chi connectivity index (χ4v) is 3.09. The van der Waals surface area contributed by atoms with Gasteiger partial charge in [-0.05, 0) is 18.2 Å². The van der Waals surface area contributed by atoms with Crippen LogP contribution in [0.4, 0.5) is 11.4 Å². The van der Waals surface area contributed by atoms with E-state index in [0.29, 0.717) is 11.3 Å². The first-order chi connectivity index (χ1) is 15.4. The molecule has 3 rings (SSSR count). The van der Waals surface area contributed by atoms with Crippen LogP contribution in [0.3, 0.4) is 0 Å². The number of amides is 1. The molecule has 1 amide bonds. The molecule has 0 saturated carbocycles. The van der Waals surface area contributed by atoms with E-state index < -0.39 is 16.6 Å². The number of nitro groups is 1. The summed E-state index contributed by atoms with van der Waals surface area (Å²) in [5, 5.41) is 13.9. The van der Waals surface area contributed by atoms with Gasteiger partial charge in [0, 0.05) is 23.3 Å². The minimum absolute atomic E-state index is 0.00816. The van der Waals surface area contributed by atoms with Gasteiger partial charge in [0.2, 0.25) is 5.75 Å². The highest BCUT2D eigenvalue weighted by molar-refractivity contribution is 6.15. The fraction of sp³-hybridized carbons (Fsp3) is 0.130. The van der Waals surface area contributed by atoms with Gasteiger partial charge in [-0.25, -0.2) is 0 Å². The third kappa shape index (κ3) is 4.51. The van der Waals surface area contributed by atoms with Crippen molar-refractivity contribution in [2.24, 2.45) is 0 Å². The second-order valence-corrected chi connectivity index (χ2v) is 6.55. The molecule has 0 bridgehead atoms. The van der Waals surface area contributed by atoms with Crippen molar-refractivity contribution < 1.29 is 28.7 Å². The van der Waals surface area contributed by atoms with Crippen molar-refractivity contribution in [1.29, 1.82) is 0 Å². The van der Waals surface area contributed by atoms with E-state index in [-0.39, 0.29) is 34.0 Å². The number of hydrogen-bond acceptors (Lipinski definition) is 7. The number of benzene rings is 3. The summed E-state index contributed by atoms with van der Waals surface area (Å²) in [4.78, 5) is 36.6. The van der Waals surface area contributed by atoms with Crippen molar-refractivity contribution in [3.63, 3.8) is 0 Å². The second kappa shape index (κ2) is 9.61. The number of methoxy groups -OCH3 is 3. The Morgan fingerprint density at radius 2 is 1.47 bits per heavy atom. The Labute approximate surface area is 183 Å². The van der Waals surface area contributed by atoms with Gasteiger partial charge in [-0.3, -0.25) is 19.7 Å². The Morgan fingerprint density at radius 1 is 0.844 bits per heavy atom. The van der Waals surface area contributed by atoms with Gasteiger partial charge in [-0.2, -0.15) is 0 Å². The largest absolute Gasteiger partial charge is 0.493 e. The number of ketones is 1. The quantitative estimate of drug-likeness (QED) is 0.321. The van der Waals surface area contributed by atoms with E-state index in [1.54, 1.807) is 30.3 Å². The summed E-state index contributed by atoms with van der Waals surface area (Å²) in [6.45, 7) is 0. The molecule has 0 heterocycles. The summed E-state index contributed by atoms with van der Waals surface area (Å²) in [5.41, 5.74) is 0.358. The molecule has 32 heavy (non-hydrogen) atoms. The number of nitro benzene ring substituents is 1. The lowest BCUT2D eigenvalue weighted by molar-refractivity contribution is -0.384. The van der Waals surface area contributed by atoms with Crippen LogP contribution in [0.15, 0.2) is 60.7 Å². The molecule has 3 aromatic rings. The van der Waals surface area contributed by atoms with Crippen LogP contribution in [0.1, 0.15) is 26.3 Å². The van der Waals surface area contributed by atoms with Crippen LogP contribution in [0.25, 0.3) is 0 Å². The smallest absolute Gasteiger partial charge is 0.270 e. The Hall–Kier alpha value is -4.40. The second-order valence-electron chi connectivity index (χ2n) is 6.55. The molecule has 0 unspecified atom stereocenters. The fourth-order valence-electron chi connectivity index (χ4n) is 3.09. The first kappa shape index (κ1) is 22.3. The molecule has 0 spiro atoms. The third-order valence-corrected chi connectivity index (χ3v) is 4.67. The number of nitrogens with one attached hydrogen (secondary N) is 1. The van der Waals surface area contributed by atoms with E-state index in [1.165, 1.54) is 45.6 Å². The van der Waals surface area contributed by atoms with Gasteiger partial charge in [0.25, 0.3) is 11.6 Å². The molecule has 164 valence electrons. The van der Waals surface area contributed by atoms with Crippen molar-refractivity contribution in [3.8, 4) is 17.2 Å². The number of ether oxygens (including phenoxy) is 3. The van der Waals surface area contributed by atoms with E-state index >= 15 is 0 Å². The van der Waals surface area contributed by atoms with Crippen LogP contribution in [0, 0.1) is 10.1 Å². The zero-order valence-electron chi connectivity index (χ0n) is 17.6. The monoisotopic (exact) mass is 436 g/mol. The zero-order chi connectivity index (χ0) is 23.3. The Kier molecular flexibility index (Phi) is 6.69.